The minimum atomic E-state index is -0.603. The molecule has 2 atom stereocenters. The van der Waals surface area contributed by atoms with Crippen LogP contribution in [0.25, 0.3) is 0 Å². The lowest BCUT2D eigenvalue weighted by atomic mass is 10.1. The molecule has 1 aromatic heterocycles. The molecule has 0 saturated carbocycles. The zero-order chi connectivity index (χ0) is 17.5. The van der Waals surface area contributed by atoms with Crippen LogP contribution in [0.15, 0.2) is 29.5 Å². The van der Waals surface area contributed by atoms with Crippen molar-refractivity contribution in [2.75, 3.05) is 52.5 Å². The second-order valence-corrected chi connectivity index (χ2v) is 6.53. The molecule has 2 fully saturated rings. The maximum atomic E-state index is 10.3. The summed E-state index contributed by atoms with van der Waals surface area (Å²) in [4.78, 5) is 13.5. The fourth-order valence-electron chi connectivity index (χ4n) is 3.46. The number of ether oxygens (including phenoxy) is 1. The molecule has 3 rings (SSSR count). The van der Waals surface area contributed by atoms with Crippen molar-refractivity contribution in [3.63, 3.8) is 0 Å². The van der Waals surface area contributed by atoms with Crippen LogP contribution < -0.4 is 5.32 Å². The maximum Gasteiger partial charge on any atom is 0.194 e. The summed E-state index contributed by atoms with van der Waals surface area (Å²) in [7, 11) is 0. The third kappa shape index (κ3) is 4.90. The highest BCUT2D eigenvalue weighted by atomic mass is 16.5. The lowest BCUT2D eigenvalue weighted by Gasteiger charge is -2.32. The average Bonchev–Trinajstić information content (AvgIpc) is 3.16. The van der Waals surface area contributed by atoms with Gasteiger partial charge < -0.3 is 20.1 Å². The molecular weight excluding hydrogens is 318 g/mol. The van der Waals surface area contributed by atoms with Crippen LogP contribution in [0.3, 0.4) is 0 Å². The van der Waals surface area contributed by atoms with Crippen molar-refractivity contribution in [3.8, 4) is 0 Å². The minimum absolute atomic E-state index is 0.352. The number of aliphatic imine (C=N–C) groups is 1. The van der Waals surface area contributed by atoms with Crippen LogP contribution in [0.2, 0.25) is 0 Å². The van der Waals surface area contributed by atoms with Gasteiger partial charge in [0, 0.05) is 51.2 Å². The van der Waals surface area contributed by atoms with Gasteiger partial charge >= 0.3 is 0 Å². The predicted molar refractivity (Wildman–Crippen MR) is 97.5 cm³/mol. The Morgan fingerprint density at radius 3 is 2.84 bits per heavy atom. The van der Waals surface area contributed by atoms with E-state index in [2.05, 4.69) is 32.0 Å². The van der Waals surface area contributed by atoms with Crippen LogP contribution in [0.5, 0.6) is 0 Å². The van der Waals surface area contributed by atoms with Crippen LogP contribution in [0.1, 0.15) is 25.0 Å². The second-order valence-electron chi connectivity index (χ2n) is 6.53. The molecule has 7 nitrogen and oxygen atoms in total. The number of hydrogen-bond donors (Lipinski definition) is 2. The SMILES string of the molecule is CCNC(=NCC(O)c1ccncc1)N1CCC(N2CCOCC2)C1. The summed E-state index contributed by atoms with van der Waals surface area (Å²) in [5.74, 6) is 0.895. The van der Waals surface area contributed by atoms with Gasteiger partial charge in [-0.25, -0.2) is 0 Å². The molecule has 2 aliphatic heterocycles. The fraction of sp³-hybridized carbons (Fsp3) is 0.667. The number of hydrogen-bond acceptors (Lipinski definition) is 5. The van der Waals surface area contributed by atoms with Crippen molar-refractivity contribution in [2.45, 2.75) is 25.5 Å². The summed E-state index contributed by atoms with van der Waals surface area (Å²) in [5, 5.41) is 13.7. The molecule has 138 valence electrons. The Morgan fingerprint density at radius 2 is 2.12 bits per heavy atom. The largest absolute Gasteiger partial charge is 0.386 e. The first-order valence-corrected chi connectivity index (χ1v) is 9.21. The summed E-state index contributed by atoms with van der Waals surface area (Å²) >= 11 is 0. The van der Waals surface area contributed by atoms with E-state index in [0.717, 1.165) is 63.9 Å². The molecule has 0 aliphatic carbocycles. The van der Waals surface area contributed by atoms with Crippen LogP contribution in [0.4, 0.5) is 0 Å². The summed E-state index contributed by atoms with van der Waals surface area (Å²) in [6, 6.07) is 4.23. The zero-order valence-electron chi connectivity index (χ0n) is 15.0. The van der Waals surface area contributed by atoms with Gasteiger partial charge in [0.15, 0.2) is 5.96 Å². The molecule has 0 spiro atoms. The van der Waals surface area contributed by atoms with Crippen LogP contribution in [-0.2, 0) is 4.74 Å². The van der Waals surface area contributed by atoms with Gasteiger partial charge in [-0.2, -0.15) is 0 Å². The number of pyridine rings is 1. The Balaban J connectivity index is 1.58. The molecule has 2 saturated heterocycles. The Morgan fingerprint density at radius 1 is 1.36 bits per heavy atom. The van der Waals surface area contributed by atoms with Gasteiger partial charge in [-0.3, -0.25) is 14.9 Å². The summed E-state index contributed by atoms with van der Waals surface area (Å²) in [6.07, 6.45) is 3.94. The van der Waals surface area contributed by atoms with Crippen molar-refractivity contribution in [3.05, 3.63) is 30.1 Å². The molecule has 2 aliphatic rings. The van der Waals surface area contributed by atoms with E-state index >= 15 is 0 Å². The average molecular weight is 347 g/mol. The smallest absolute Gasteiger partial charge is 0.194 e. The maximum absolute atomic E-state index is 10.3. The monoisotopic (exact) mass is 347 g/mol. The standard InChI is InChI=1S/C18H29N5O2/c1-2-20-18(21-13-17(24)15-3-6-19-7-4-15)23-8-5-16(14-23)22-9-11-25-12-10-22/h3-4,6-7,16-17,24H,2,5,8-14H2,1H3,(H,20,21). The molecule has 2 N–H and O–H groups in total. The number of morpholine rings is 1. The lowest BCUT2D eigenvalue weighted by Crippen LogP contribution is -2.46. The first-order valence-electron chi connectivity index (χ1n) is 9.21. The molecule has 2 unspecified atom stereocenters. The molecule has 7 heteroatoms. The van der Waals surface area contributed by atoms with Crippen LogP contribution in [0, 0.1) is 0 Å². The number of nitrogens with one attached hydrogen (secondary N) is 1. The van der Waals surface area contributed by atoms with Gasteiger partial charge in [-0.15, -0.1) is 0 Å². The van der Waals surface area contributed by atoms with E-state index in [0.29, 0.717) is 12.6 Å². The molecular formula is C18H29N5O2. The van der Waals surface area contributed by atoms with E-state index in [1.54, 1.807) is 12.4 Å². The number of guanidine groups is 1. The zero-order valence-corrected chi connectivity index (χ0v) is 15.0. The van der Waals surface area contributed by atoms with Crippen LogP contribution in [-0.4, -0.2) is 84.4 Å². The number of nitrogens with zero attached hydrogens (tertiary/aromatic N) is 4. The molecule has 0 aromatic carbocycles. The van der Waals surface area contributed by atoms with Crippen molar-refractivity contribution in [2.24, 2.45) is 4.99 Å². The lowest BCUT2D eigenvalue weighted by molar-refractivity contribution is 0.0194. The number of aliphatic hydroxyl groups is 1. The van der Waals surface area contributed by atoms with E-state index in [1.807, 2.05) is 12.1 Å². The molecule has 0 radical (unpaired) electrons. The van der Waals surface area contributed by atoms with Gasteiger partial charge in [-0.05, 0) is 31.0 Å². The van der Waals surface area contributed by atoms with E-state index < -0.39 is 6.10 Å². The van der Waals surface area contributed by atoms with Gasteiger partial charge in [0.05, 0.1) is 25.9 Å². The van der Waals surface area contributed by atoms with Gasteiger partial charge in [-0.1, -0.05) is 0 Å². The third-order valence-corrected chi connectivity index (χ3v) is 4.86. The molecule has 3 heterocycles. The Bertz CT molecular complexity index is 548. The molecule has 1 aromatic rings. The topological polar surface area (TPSA) is 73.2 Å². The number of likely N-dealkylation sites (tertiary alicyclic amines) is 1. The second kappa shape index (κ2) is 9.12. The van der Waals surface area contributed by atoms with Crippen molar-refractivity contribution < 1.29 is 9.84 Å². The van der Waals surface area contributed by atoms with E-state index in [1.165, 1.54) is 0 Å². The summed E-state index contributed by atoms with van der Waals surface area (Å²) in [6.45, 7) is 8.94. The highest BCUT2D eigenvalue weighted by Crippen LogP contribution is 2.18. The first-order chi connectivity index (χ1) is 12.3. The van der Waals surface area contributed by atoms with Crippen molar-refractivity contribution >= 4 is 5.96 Å². The van der Waals surface area contributed by atoms with Gasteiger partial charge in [0.1, 0.15) is 0 Å². The number of aliphatic hydroxyl groups excluding tert-OH is 1. The van der Waals surface area contributed by atoms with E-state index in [4.69, 9.17) is 4.74 Å². The third-order valence-electron chi connectivity index (χ3n) is 4.86. The summed E-state index contributed by atoms with van der Waals surface area (Å²) < 4.78 is 5.46. The predicted octanol–water partition coefficient (Wildman–Crippen LogP) is 0.487. The normalized spacial score (nSPS) is 23.7. The highest BCUT2D eigenvalue weighted by molar-refractivity contribution is 5.80. The fourth-order valence-corrected chi connectivity index (χ4v) is 3.46. The van der Waals surface area contributed by atoms with Crippen molar-refractivity contribution in [1.82, 2.24) is 20.1 Å². The Kier molecular flexibility index (Phi) is 6.61. The Labute approximate surface area is 149 Å². The number of rotatable bonds is 5. The summed E-state index contributed by atoms with van der Waals surface area (Å²) in [5.41, 5.74) is 0.849. The molecule has 25 heavy (non-hydrogen) atoms. The highest BCUT2D eigenvalue weighted by Gasteiger charge is 2.30. The Hall–Kier alpha value is -1.70. The quantitative estimate of drug-likeness (QED) is 0.596. The van der Waals surface area contributed by atoms with E-state index in [-0.39, 0.29) is 0 Å². The minimum Gasteiger partial charge on any atom is -0.386 e. The van der Waals surface area contributed by atoms with Gasteiger partial charge in [0.2, 0.25) is 0 Å². The van der Waals surface area contributed by atoms with Crippen LogP contribution >= 0.6 is 0 Å². The van der Waals surface area contributed by atoms with Crippen molar-refractivity contribution in [1.29, 1.82) is 0 Å². The molecule has 0 amide bonds. The molecule has 0 bridgehead atoms. The van der Waals surface area contributed by atoms with E-state index in [9.17, 15) is 5.11 Å². The van der Waals surface area contributed by atoms with Gasteiger partial charge in [0.25, 0.3) is 0 Å². The number of aromatic nitrogens is 1. The first kappa shape index (κ1) is 18.1.